The summed E-state index contributed by atoms with van der Waals surface area (Å²) in [5.74, 6) is 0.0315. The molecule has 1 heterocycles. The minimum atomic E-state index is -0.640. The Morgan fingerprint density at radius 2 is 1.97 bits per heavy atom. The molecule has 156 valence electrons. The molecule has 29 heavy (non-hydrogen) atoms. The van der Waals surface area contributed by atoms with Gasteiger partial charge in [-0.1, -0.05) is 25.4 Å². The molecule has 1 aromatic heterocycles. The first-order valence-corrected chi connectivity index (χ1v) is 9.78. The predicted octanol–water partition coefficient (Wildman–Crippen LogP) is 4.09. The third-order valence-electron chi connectivity index (χ3n) is 3.83. The molecule has 1 N–H and O–H groups in total. The van der Waals surface area contributed by atoms with Crippen molar-refractivity contribution in [3.8, 4) is 5.75 Å². The molecule has 0 unspecified atom stereocenters. The number of aryl methyl sites for hydroxylation is 1. The van der Waals surface area contributed by atoms with Crippen LogP contribution in [0, 0.1) is 12.8 Å². The largest absolute Gasteiger partial charge is 0.494 e. The van der Waals surface area contributed by atoms with Crippen LogP contribution in [-0.2, 0) is 20.9 Å². The Labute approximate surface area is 175 Å². The second-order valence-electron chi connectivity index (χ2n) is 6.81. The summed E-state index contributed by atoms with van der Waals surface area (Å²) in [7, 11) is 0. The highest BCUT2D eigenvalue weighted by molar-refractivity contribution is 6.31. The van der Waals surface area contributed by atoms with Gasteiger partial charge in [0, 0.05) is 23.9 Å². The number of anilines is 1. The number of hydrogen-bond donors (Lipinski definition) is 1. The van der Waals surface area contributed by atoms with Crippen LogP contribution >= 0.6 is 11.6 Å². The van der Waals surface area contributed by atoms with E-state index in [2.05, 4.69) is 24.3 Å². The SMILES string of the molecule is CCOc1ccc(NC(=O)COC(=O)/C=C/c2c(C)nn(CC(C)C)c2Cl)cc1. The van der Waals surface area contributed by atoms with Gasteiger partial charge < -0.3 is 14.8 Å². The second-order valence-corrected chi connectivity index (χ2v) is 7.17. The molecule has 0 aliphatic rings. The van der Waals surface area contributed by atoms with E-state index >= 15 is 0 Å². The van der Waals surface area contributed by atoms with Crippen LogP contribution in [0.1, 0.15) is 32.0 Å². The van der Waals surface area contributed by atoms with E-state index in [9.17, 15) is 9.59 Å². The molecular weight excluding hydrogens is 394 g/mol. The molecule has 0 aliphatic heterocycles. The summed E-state index contributed by atoms with van der Waals surface area (Å²) in [5, 5.41) is 7.49. The Morgan fingerprint density at radius 1 is 1.28 bits per heavy atom. The van der Waals surface area contributed by atoms with Crippen molar-refractivity contribution >= 4 is 35.2 Å². The van der Waals surface area contributed by atoms with Crippen molar-refractivity contribution in [1.29, 1.82) is 0 Å². The number of ether oxygens (including phenoxy) is 2. The minimum Gasteiger partial charge on any atom is -0.494 e. The predicted molar refractivity (Wildman–Crippen MR) is 113 cm³/mol. The third kappa shape index (κ3) is 6.94. The van der Waals surface area contributed by atoms with Crippen LogP contribution in [0.2, 0.25) is 5.15 Å². The standard InChI is InChI=1S/C21H26ClN3O4/c1-5-28-17-8-6-16(7-9-17)23-19(26)13-29-20(27)11-10-18-15(4)24-25(21(18)22)12-14(2)3/h6-11,14H,5,12-13H2,1-4H3,(H,23,26)/b11-10+. The molecule has 0 radical (unpaired) electrons. The number of nitrogens with one attached hydrogen (secondary N) is 1. The van der Waals surface area contributed by atoms with Crippen LogP contribution in [0.25, 0.3) is 6.08 Å². The molecule has 0 saturated heterocycles. The lowest BCUT2D eigenvalue weighted by Gasteiger charge is -2.07. The van der Waals surface area contributed by atoms with Crippen molar-refractivity contribution < 1.29 is 19.1 Å². The van der Waals surface area contributed by atoms with Crippen molar-refractivity contribution in [1.82, 2.24) is 9.78 Å². The van der Waals surface area contributed by atoms with Gasteiger partial charge in [0.25, 0.3) is 5.91 Å². The van der Waals surface area contributed by atoms with Crippen molar-refractivity contribution in [3.63, 3.8) is 0 Å². The summed E-state index contributed by atoms with van der Waals surface area (Å²) >= 11 is 6.33. The van der Waals surface area contributed by atoms with Crippen molar-refractivity contribution in [3.05, 3.63) is 46.8 Å². The monoisotopic (exact) mass is 419 g/mol. The second kappa shape index (κ2) is 10.7. The lowest BCUT2D eigenvalue weighted by molar-refractivity contribution is -0.142. The average Bonchev–Trinajstić information content (AvgIpc) is 2.92. The molecule has 0 spiro atoms. The molecule has 2 rings (SSSR count). The Hall–Kier alpha value is -2.80. The fourth-order valence-corrected chi connectivity index (χ4v) is 2.86. The number of hydrogen-bond acceptors (Lipinski definition) is 5. The zero-order valence-corrected chi connectivity index (χ0v) is 17.8. The highest BCUT2D eigenvalue weighted by atomic mass is 35.5. The van der Waals surface area contributed by atoms with E-state index in [0.717, 1.165) is 0 Å². The molecule has 0 aliphatic carbocycles. The Kier molecular flexibility index (Phi) is 8.27. The number of rotatable bonds is 9. The highest BCUT2D eigenvalue weighted by Crippen LogP contribution is 2.22. The summed E-state index contributed by atoms with van der Waals surface area (Å²) in [6.45, 7) is 8.71. The first-order chi connectivity index (χ1) is 13.8. The maximum Gasteiger partial charge on any atom is 0.331 e. The minimum absolute atomic E-state index is 0.391. The van der Waals surface area contributed by atoms with Crippen LogP contribution in [0.5, 0.6) is 5.75 Å². The summed E-state index contributed by atoms with van der Waals surface area (Å²) in [4.78, 5) is 23.9. The zero-order chi connectivity index (χ0) is 21.4. The van der Waals surface area contributed by atoms with Gasteiger partial charge >= 0.3 is 5.97 Å². The van der Waals surface area contributed by atoms with Crippen LogP contribution in [0.4, 0.5) is 5.69 Å². The lowest BCUT2D eigenvalue weighted by Crippen LogP contribution is -2.20. The van der Waals surface area contributed by atoms with E-state index in [4.69, 9.17) is 21.1 Å². The van der Waals surface area contributed by atoms with Crippen molar-refractivity contribution in [2.24, 2.45) is 5.92 Å². The zero-order valence-electron chi connectivity index (χ0n) is 17.1. The number of carbonyl (C=O) groups is 2. The summed E-state index contributed by atoms with van der Waals surface area (Å²) in [6, 6.07) is 6.92. The molecule has 1 aromatic carbocycles. The molecule has 0 saturated carbocycles. The number of nitrogens with zero attached hydrogens (tertiary/aromatic N) is 2. The Morgan fingerprint density at radius 3 is 2.59 bits per heavy atom. The molecule has 0 atom stereocenters. The van der Waals surface area contributed by atoms with E-state index in [-0.39, 0.29) is 0 Å². The maximum atomic E-state index is 11.9. The Balaban J connectivity index is 1.86. The summed E-state index contributed by atoms with van der Waals surface area (Å²) in [5.41, 5.74) is 1.96. The van der Waals surface area contributed by atoms with E-state index in [0.29, 0.717) is 46.9 Å². The van der Waals surface area contributed by atoms with Gasteiger partial charge in [0.05, 0.1) is 12.3 Å². The van der Waals surface area contributed by atoms with E-state index in [1.54, 1.807) is 35.0 Å². The van der Waals surface area contributed by atoms with Gasteiger partial charge in [-0.15, -0.1) is 0 Å². The molecule has 0 fully saturated rings. The van der Waals surface area contributed by atoms with Crippen molar-refractivity contribution in [2.75, 3.05) is 18.5 Å². The highest BCUT2D eigenvalue weighted by Gasteiger charge is 2.13. The molecule has 1 amide bonds. The van der Waals surface area contributed by atoms with E-state index < -0.39 is 18.5 Å². The molecule has 0 bridgehead atoms. The van der Waals surface area contributed by atoms with Gasteiger partial charge in [-0.05, 0) is 50.1 Å². The van der Waals surface area contributed by atoms with E-state index in [1.165, 1.54) is 6.08 Å². The van der Waals surface area contributed by atoms with Crippen molar-refractivity contribution in [2.45, 2.75) is 34.2 Å². The van der Waals surface area contributed by atoms with Gasteiger partial charge in [-0.25, -0.2) is 4.79 Å². The van der Waals surface area contributed by atoms with Crippen LogP contribution in [0.3, 0.4) is 0 Å². The van der Waals surface area contributed by atoms with Gasteiger partial charge in [-0.3, -0.25) is 9.48 Å². The quantitative estimate of drug-likeness (QED) is 0.488. The van der Waals surface area contributed by atoms with Crippen LogP contribution in [-0.4, -0.2) is 34.9 Å². The number of amides is 1. The van der Waals surface area contributed by atoms with E-state index in [1.807, 2.05) is 13.8 Å². The number of benzene rings is 1. The summed E-state index contributed by atoms with van der Waals surface area (Å²) < 4.78 is 12.0. The number of aromatic nitrogens is 2. The topological polar surface area (TPSA) is 82.4 Å². The normalized spacial score (nSPS) is 11.1. The van der Waals surface area contributed by atoms with Gasteiger partial charge in [-0.2, -0.15) is 5.10 Å². The fraction of sp³-hybridized carbons (Fsp3) is 0.381. The lowest BCUT2D eigenvalue weighted by atomic mass is 10.2. The molecular formula is C21H26ClN3O4. The smallest absolute Gasteiger partial charge is 0.331 e. The van der Waals surface area contributed by atoms with Gasteiger partial charge in [0.15, 0.2) is 6.61 Å². The number of esters is 1. The first kappa shape index (κ1) is 22.5. The first-order valence-electron chi connectivity index (χ1n) is 9.40. The molecule has 7 nitrogen and oxygen atoms in total. The maximum absolute atomic E-state index is 11.9. The number of carbonyl (C=O) groups excluding carboxylic acids is 2. The molecule has 8 heteroatoms. The van der Waals surface area contributed by atoms with Crippen LogP contribution in [0.15, 0.2) is 30.3 Å². The van der Waals surface area contributed by atoms with Gasteiger partial charge in [0.2, 0.25) is 0 Å². The molecule has 2 aromatic rings. The number of halogens is 1. The van der Waals surface area contributed by atoms with Crippen LogP contribution < -0.4 is 10.1 Å². The summed E-state index contributed by atoms with van der Waals surface area (Å²) in [6.07, 6.45) is 2.79. The van der Waals surface area contributed by atoms with Gasteiger partial charge in [0.1, 0.15) is 10.9 Å². The third-order valence-corrected chi connectivity index (χ3v) is 4.23. The average molecular weight is 420 g/mol. The Bertz CT molecular complexity index is 873. The fourth-order valence-electron chi connectivity index (χ4n) is 2.56.